The first-order chi connectivity index (χ1) is 9.49. The van der Waals surface area contributed by atoms with Crippen LogP contribution in [0.1, 0.15) is 20.8 Å². The molecule has 1 aromatic heterocycles. The molecule has 0 bridgehead atoms. The van der Waals surface area contributed by atoms with Crippen molar-refractivity contribution >= 4 is 17.6 Å². The summed E-state index contributed by atoms with van der Waals surface area (Å²) in [6.45, 7) is 0. The Morgan fingerprint density at radius 3 is 2.65 bits per heavy atom. The Morgan fingerprint density at radius 2 is 2.00 bits per heavy atom. The smallest absolute Gasteiger partial charge is 0.338 e. The molecule has 0 aliphatic carbocycles. The van der Waals surface area contributed by atoms with Gasteiger partial charge in [0.2, 0.25) is 0 Å². The fourth-order valence-electron chi connectivity index (χ4n) is 1.53. The SMILES string of the molecule is O=C(O)c1cccnc1C(=O)Nc1ccc(O)c(F)c1. The van der Waals surface area contributed by atoms with E-state index in [2.05, 4.69) is 10.3 Å². The van der Waals surface area contributed by atoms with Crippen LogP contribution in [0.3, 0.4) is 0 Å². The Bertz CT molecular complexity index is 688. The van der Waals surface area contributed by atoms with Crippen molar-refractivity contribution in [3.05, 3.63) is 53.6 Å². The predicted molar refractivity (Wildman–Crippen MR) is 67.2 cm³/mol. The largest absolute Gasteiger partial charge is 0.505 e. The van der Waals surface area contributed by atoms with E-state index < -0.39 is 23.4 Å². The maximum atomic E-state index is 13.1. The third-order valence-electron chi connectivity index (χ3n) is 2.46. The lowest BCUT2D eigenvalue weighted by atomic mass is 10.2. The summed E-state index contributed by atoms with van der Waals surface area (Å²) in [5, 5.41) is 20.3. The second-order valence-corrected chi connectivity index (χ2v) is 3.83. The summed E-state index contributed by atoms with van der Waals surface area (Å²) in [6.07, 6.45) is 1.28. The van der Waals surface area contributed by atoms with Crippen LogP contribution < -0.4 is 5.32 Å². The molecule has 6 nitrogen and oxygen atoms in total. The minimum Gasteiger partial charge on any atom is -0.505 e. The molecule has 2 rings (SSSR count). The number of carbonyl (C=O) groups excluding carboxylic acids is 1. The highest BCUT2D eigenvalue weighted by Crippen LogP contribution is 2.20. The summed E-state index contributed by atoms with van der Waals surface area (Å²) in [5.41, 5.74) is -0.468. The van der Waals surface area contributed by atoms with Crippen LogP contribution in [-0.2, 0) is 0 Å². The number of aromatic hydroxyl groups is 1. The first kappa shape index (κ1) is 13.5. The van der Waals surface area contributed by atoms with Crippen molar-refractivity contribution in [3.8, 4) is 5.75 Å². The van der Waals surface area contributed by atoms with E-state index in [1.165, 1.54) is 24.4 Å². The molecule has 0 fully saturated rings. The van der Waals surface area contributed by atoms with Gasteiger partial charge in [0, 0.05) is 18.0 Å². The molecule has 1 heterocycles. The highest BCUT2D eigenvalue weighted by Gasteiger charge is 2.18. The van der Waals surface area contributed by atoms with Crippen molar-refractivity contribution in [3.63, 3.8) is 0 Å². The molecule has 3 N–H and O–H groups in total. The molecule has 0 atom stereocenters. The molecule has 0 saturated carbocycles. The number of hydrogen-bond donors (Lipinski definition) is 3. The van der Waals surface area contributed by atoms with Gasteiger partial charge in [-0.1, -0.05) is 0 Å². The average molecular weight is 276 g/mol. The Kier molecular flexibility index (Phi) is 3.60. The summed E-state index contributed by atoms with van der Waals surface area (Å²) in [6, 6.07) is 5.89. The average Bonchev–Trinajstić information content (AvgIpc) is 2.43. The number of halogens is 1. The van der Waals surface area contributed by atoms with Crippen LogP contribution in [-0.4, -0.2) is 27.1 Å². The van der Waals surface area contributed by atoms with Gasteiger partial charge in [0.25, 0.3) is 5.91 Å². The molecule has 0 saturated heterocycles. The van der Waals surface area contributed by atoms with Crippen molar-refractivity contribution in [1.29, 1.82) is 0 Å². The number of pyridine rings is 1. The van der Waals surface area contributed by atoms with E-state index in [-0.39, 0.29) is 16.9 Å². The molecule has 1 aromatic carbocycles. The van der Waals surface area contributed by atoms with Crippen LogP contribution >= 0.6 is 0 Å². The van der Waals surface area contributed by atoms with E-state index in [1.807, 2.05) is 0 Å². The van der Waals surface area contributed by atoms with Crippen LogP contribution in [0, 0.1) is 5.82 Å². The zero-order valence-electron chi connectivity index (χ0n) is 10.0. The predicted octanol–water partition coefficient (Wildman–Crippen LogP) is 1.88. The number of hydrogen-bond acceptors (Lipinski definition) is 4. The lowest BCUT2D eigenvalue weighted by molar-refractivity contribution is 0.0691. The summed E-state index contributed by atoms with van der Waals surface area (Å²) < 4.78 is 13.1. The molecule has 2 aromatic rings. The van der Waals surface area contributed by atoms with Gasteiger partial charge in [-0.25, -0.2) is 9.18 Å². The standard InChI is InChI=1S/C13H9FN2O4/c14-9-6-7(3-4-10(9)17)16-12(18)11-8(13(19)20)2-1-5-15-11/h1-6,17H,(H,16,18)(H,19,20). The highest BCUT2D eigenvalue weighted by atomic mass is 19.1. The lowest BCUT2D eigenvalue weighted by Crippen LogP contribution is -2.18. The number of nitrogens with one attached hydrogen (secondary N) is 1. The van der Waals surface area contributed by atoms with E-state index in [4.69, 9.17) is 10.2 Å². The van der Waals surface area contributed by atoms with Crippen LogP contribution in [0.25, 0.3) is 0 Å². The minimum atomic E-state index is -1.29. The zero-order valence-corrected chi connectivity index (χ0v) is 10.0. The number of carboxylic acids is 1. The summed E-state index contributed by atoms with van der Waals surface area (Å²) in [5.74, 6) is -3.53. The molecular formula is C13H9FN2O4. The van der Waals surface area contributed by atoms with Crippen molar-refractivity contribution in [2.45, 2.75) is 0 Å². The number of phenols is 1. The topological polar surface area (TPSA) is 99.5 Å². The van der Waals surface area contributed by atoms with Crippen molar-refractivity contribution in [2.75, 3.05) is 5.32 Å². The van der Waals surface area contributed by atoms with E-state index in [0.29, 0.717) is 0 Å². The minimum absolute atomic E-state index is 0.0762. The van der Waals surface area contributed by atoms with Gasteiger partial charge in [-0.2, -0.15) is 0 Å². The van der Waals surface area contributed by atoms with E-state index in [9.17, 15) is 14.0 Å². The second-order valence-electron chi connectivity index (χ2n) is 3.83. The molecule has 0 aliphatic heterocycles. The Labute approximate surface area is 112 Å². The number of nitrogens with zero attached hydrogens (tertiary/aromatic N) is 1. The Hall–Kier alpha value is -2.96. The van der Waals surface area contributed by atoms with E-state index in [0.717, 1.165) is 12.1 Å². The number of aromatic nitrogens is 1. The van der Waals surface area contributed by atoms with E-state index in [1.54, 1.807) is 0 Å². The number of amides is 1. The summed E-state index contributed by atoms with van der Waals surface area (Å²) in [4.78, 5) is 26.6. The normalized spacial score (nSPS) is 10.1. The molecule has 0 radical (unpaired) electrons. The molecule has 0 unspecified atom stereocenters. The summed E-state index contributed by atoms with van der Waals surface area (Å²) in [7, 11) is 0. The van der Waals surface area contributed by atoms with Crippen LogP contribution in [0.15, 0.2) is 36.5 Å². The molecule has 0 spiro atoms. The molecular weight excluding hydrogens is 267 g/mol. The first-order valence-corrected chi connectivity index (χ1v) is 5.47. The first-order valence-electron chi connectivity index (χ1n) is 5.47. The second kappa shape index (κ2) is 5.35. The molecule has 102 valence electrons. The molecule has 1 amide bonds. The molecule has 7 heteroatoms. The number of rotatable bonds is 3. The molecule has 0 aliphatic rings. The van der Waals surface area contributed by atoms with Crippen molar-refractivity contribution in [1.82, 2.24) is 4.98 Å². The van der Waals surface area contributed by atoms with Gasteiger partial charge < -0.3 is 15.5 Å². The van der Waals surface area contributed by atoms with E-state index >= 15 is 0 Å². The van der Waals surface area contributed by atoms with Gasteiger partial charge in [-0.05, 0) is 24.3 Å². The Morgan fingerprint density at radius 1 is 1.25 bits per heavy atom. The number of carboxylic acid groups (broad SMARTS) is 1. The van der Waals surface area contributed by atoms with Gasteiger partial charge >= 0.3 is 5.97 Å². The Balaban J connectivity index is 2.28. The van der Waals surface area contributed by atoms with Gasteiger partial charge in [-0.3, -0.25) is 9.78 Å². The van der Waals surface area contributed by atoms with Gasteiger partial charge in [0.15, 0.2) is 11.6 Å². The monoisotopic (exact) mass is 276 g/mol. The summed E-state index contributed by atoms with van der Waals surface area (Å²) >= 11 is 0. The van der Waals surface area contributed by atoms with Crippen molar-refractivity contribution < 1.29 is 24.2 Å². The van der Waals surface area contributed by atoms with Crippen LogP contribution in [0.4, 0.5) is 10.1 Å². The number of aromatic carboxylic acids is 1. The van der Waals surface area contributed by atoms with Crippen LogP contribution in [0.5, 0.6) is 5.75 Å². The third kappa shape index (κ3) is 2.72. The third-order valence-corrected chi connectivity index (χ3v) is 2.46. The number of benzene rings is 1. The van der Waals surface area contributed by atoms with Gasteiger partial charge in [0.1, 0.15) is 5.69 Å². The van der Waals surface area contributed by atoms with Gasteiger partial charge in [0.05, 0.1) is 5.56 Å². The number of phenolic OH excluding ortho intramolecular Hbond substituents is 1. The highest BCUT2D eigenvalue weighted by molar-refractivity contribution is 6.09. The maximum Gasteiger partial charge on any atom is 0.338 e. The fourth-order valence-corrected chi connectivity index (χ4v) is 1.53. The molecule has 20 heavy (non-hydrogen) atoms. The van der Waals surface area contributed by atoms with Gasteiger partial charge in [-0.15, -0.1) is 0 Å². The number of carbonyl (C=O) groups is 2. The maximum absolute atomic E-state index is 13.1. The number of anilines is 1. The fraction of sp³-hybridized carbons (Fsp3) is 0. The zero-order chi connectivity index (χ0) is 14.7. The van der Waals surface area contributed by atoms with Crippen molar-refractivity contribution in [2.24, 2.45) is 0 Å². The lowest BCUT2D eigenvalue weighted by Gasteiger charge is -2.07. The quantitative estimate of drug-likeness (QED) is 0.743. The van der Waals surface area contributed by atoms with Crippen LogP contribution in [0.2, 0.25) is 0 Å².